The molecule has 0 spiro atoms. The molecule has 0 saturated carbocycles. The SMILES string of the molecule is O=C(CN1CCN(Cc2cccc(Br)c2F)CC1)Nc1ccc2c(c1)OCCO2. The molecule has 0 atom stereocenters. The van der Waals surface area contributed by atoms with E-state index in [0.29, 0.717) is 53.5 Å². The molecule has 8 heteroatoms. The average molecular weight is 464 g/mol. The molecular formula is C21H23BrFN3O3. The van der Waals surface area contributed by atoms with Gasteiger partial charge in [0.1, 0.15) is 19.0 Å². The number of amides is 1. The van der Waals surface area contributed by atoms with Crippen molar-refractivity contribution in [3.05, 3.63) is 52.3 Å². The summed E-state index contributed by atoms with van der Waals surface area (Å²) in [6.07, 6.45) is 0. The van der Waals surface area contributed by atoms with Crippen LogP contribution in [0, 0.1) is 5.82 Å². The molecule has 1 amide bonds. The van der Waals surface area contributed by atoms with Crippen LogP contribution in [-0.2, 0) is 11.3 Å². The Morgan fingerprint density at radius 1 is 1.03 bits per heavy atom. The van der Waals surface area contributed by atoms with Gasteiger partial charge in [0.25, 0.3) is 0 Å². The summed E-state index contributed by atoms with van der Waals surface area (Å²) in [6, 6.07) is 10.8. The van der Waals surface area contributed by atoms with Crippen LogP contribution < -0.4 is 14.8 Å². The summed E-state index contributed by atoms with van der Waals surface area (Å²) in [5.74, 6) is 1.09. The molecule has 2 aromatic carbocycles. The summed E-state index contributed by atoms with van der Waals surface area (Å²) in [7, 11) is 0. The molecule has 0 aromatic heterocycles. The molecule has 4 rings (SSSR count). The van der Waals surface area contributed by atoms with Gasteiger partial charge in [-0.15, -0.1) is 0 Å². The van der Waals surface area contributed by atoms with Crippen molar-refractivity contribution in [1.29, 1.82) is 0 Å². The average Bonchev–Trinajstić information content (AvgIpc) is 2.73. The summed E-state index contributed by atoms with van der Waals surface area (Å²) in [5, 5.41) is 2.92. The Bertz CT molecular complexity index is 887. The lowest BCUT2D eigenvalue weighted by molar-refractivity contribution is -0.117. The van der Waals surface area contributed by atoms with Crippen molar-refractivity contribution in [2.24, 2.45) is 0 Å². The number of benzene rings is 2. The zero-order chi connectivity index (χ0) is 20.2. The van der Waals surface area contributed by atoms with Crippen LogP contribution in [0.5, 0.6) is 11.5 Å². The van der Waals surface area contributed by atoms with Crippen molar-refractivity contribution in [3.8, 4) is 11.5 Å². The van der Waals surface area contributed by atoms with Gasteiger partial charge in [0.2, 0.25) is 5.91 Å². The number of hydrogen-bond donors (Lipinski definition) is 1. The van der Waals surface area contributed by atoms with Gasteiger partial charge in [-0.25, -0.2) is 4.39 Å². The largest absolute Gasteiger partial charge is 0.486 e. The molecule has 154 valence electrons. The minimum Gasteiger partial charge on any atom is -0.486 e. The number of rotatable bonds is 5. The van der Waals surface area contributed by atoms with Crippen molar-refractivity contribution < 1.29 is 18.7 Å². The van der Waals surface area contributed by atoms with E-state index in [-0.39, 0.29) is 11.7 Å². The fraction of sp³-hybridized carbons (Fsp3) is 0.381. The zero-order valence-electron chi connectivity index (χ0n) is 16.0. The van der Waals surface area contributed by atoms with Crippen LogP contribution in [-0.4, -0.2) is 61.6 Å². The van der Waals surface area contributed by atoms with E-state index < -0.39 is 0 Å². The van der Waals surface area contributed by atoms with E-state index in [1.54, 1.807) is 12.1 Å². The van der Waals surface area contributed by atoms with Gasteiger partial charge in [0.15, 0.2) is 11.5 Å². The van der Waals surface area contributed by atoms with E-state index in [2.05, 4.69) is 31.0 Å². The molecule has 2 aliphatic heterocycles. The van der Waals surface area contributed by atoms with Crippen molar-refractivity contribution in [1.82, 2.24) is 9.80 Å². The molecule has 1 fully saturated rings. The highest BCUT2D eigenvalue weighted by Crippen LogP contribution is 2.32. The van der Waals surface area contributed by atoms with Crippen LogP contribution in [0.4, 0.5) is 10.1 Å². The number of halogens is 2. The van der Waals surface area contributed by atoms with E-state index >= 15 is 0 Å². The monoisotopic (exact) mass is 463 g/mol. The first-order chi connectivity index (χ1) is 14.1. The van der Waals surface area contributed by atoms with Gasteiger partial charge in [-0.1, -0.05) is 12.1 Å². The summed E-state index contributed by atoms with van der Waals surface area (Å²) in [4.78, 5) is 16.7. The first-order valence-corrected chi connectivity index (χ1v) is 10.4. The maximum absolute atomic E-state index is 14.2. The van der Waals surface area contributed by atoms with Crippen molar-refractivity contribution >= 4 is 27.5 Å². The van der Waals surface area contributed by atoms with E-state index in [4.69, 9.17) is 9.47 Å². The second-order valence-electron chi connectivity index (χ2n) is 7.17. The number of hydrogen-bond acceptors (Lipinski definition) is 5. The van der Waals surface area contributed by atoms with Gasteiger partial charge in [0, 0.05) is 50.0 Å². The maximum Gasteiger partial charge on any atom is 0.238 e. The van der Waals surface area contributed by atoms with Crippen LogP contribution in [0.1, 0.15) is 5.56 Å². The summed E-state index contributed by atoms with van der Waals surface area (Å²) in [5.41, 5.74) is 1.38. The summed E-state index contributed by atoms with van der Waals surface area (Å²) < 4.78 is 25.7. The summed E-state index contributed by atoms with van der Waals surface area (Å²) >= 11 is 3.23. The smallest absolute Gasteiger partial charge is 0.238 e. The van der Waals surface area contributed by atoms with Crippen molar-refractivity contribution in [2.45, 2.75) is 6.54 Å². The molecule has 0 bridgehead atoms. The second kappa shape index (κ2) is 9.11. The lowest BCUT2D eigenvalue weighted by Gasteiger charge is -2.34. The van der Waals surface area contributed by atoms with Gasteiger partial charge in [-0.3, -0.25) is 14.6 Å². The normalized spacial score (nSPS) is 17.2. The molecule has 0 radical (unpaired) electrons. The van der Waals surface area contributed by atoms with Gasteiger partial charge in [-0.2, -0.15) is 0 Å². The Kier molecular flexibility index (Phi) is 6.32. The van der Waals surface area contributed by atoms with E-state index in [1.165, 1.54) is 0 Å². The minimum atomic E-state index is -0.200. The first kappa shape index (κ1) is 20.1. The van der Waals surface area contributed by atoms with Crippen LogP contribution in [0.2, 0.25) is 0 Å². The van der Waals surface area contributed by atoms with Crippen LogP contribution in [0.15, 0.2) is 40.9 Å². The van der Waals surface area contributed by atoms with E-state index in [9.17, 15) is 9.18 Å². The molecule has 1 N–H and O–H groups in total. The predicted octanol–water partition coefficient (Wildman–Crippen LogP) is 3.12. The van der Waals surface area contributed by atoms with Crippen LogP contribution in [0.25, 0.3) is 0 Å². The highest BCUT2D eigenvalue weighted by molar-refractivity contribution is 9.10. The maximum atomic E-state index is 14.2. The Balaban J connectivity index is 1.25. The van der Waals surface area contributed by atoms with Crippen LogP contribution >= 0.6 is 15.9 Å². The van der Waals surface area contributed by atoms with Crippen LogP contribution in [0.3, 0.4) is 0 Å². The molecule has 0 aliphatic carbocycles. The summed E-state index contributed by atoms with van der Waals surface area (Å²) in [6.45, 7) is 5.08. The first-order valence-electron chi connectivity index (χ1n) is 9.65. The molecule has 2 aromatic rings. The van der Waals surface area contributed by atoms with Crippen molar-refractivity contribution in [2.75, 3.05) is 51.3 Å². The lowest BCUT2D eigenvalue weighted by Crippen LogP contribution is -2.48. The molecule has 2 heterocycles. The number of carbonyl (C=O) groups excluding carboxylic acids is 1. The molecule has 6 nitrogen and oxygen atoms in total. The number of ether oxygens (including phenoxy) is 2. The standard InChI is InChI=1S/C21H23BrFN3O3/c22-17-3-1-2-15(21(17)23)13-25-6-8-26(9-7-25)14-20(27)24-16-4-5-18-19(12-16)29-11-10-28-18/h1-5,12H,6-11,13-14H2,(H,24,27). The Labute approximate surface area is 177 Å². The number of nitrogens with one attached hydrogen (secondary N) is 1. The van der Waals surface area contributed by atoms with Gasteiger partial charge >= 0.3 is 0 Å². The van der Waals surface area contributed by atoms with Gasteiger partial charge in [0.05, 0.1) is 11.0 Å². The third-order valence-corrected chi connectivity index (χ3v) is 5.70. The topological polar surface area (TPSA) is 54.0 Å². The second-order valence-corrected chi connectivity index (χ2v) is 8.03. The third kappa shape index (κ3) is 5.07. The van der Waals surface area contributed by atoms with Gasteiger partial charge < -0.3 is 14.8 Å². The minimum absolute atomic E-state index is 0.0619. The quantitative estimate of drug-likeness (QED) is 0.737. The molecule has 1 saturated heterocycles. The predicted molar refractivity (Wildman–Crippen MR) is 112 cm³/mol. The lowest BCUT2D eigenvalue weighted by atomic mass is 10.2. The number of nitrogens with zero attached hydrogens (tertiary/aromatic N) is 2. The third-order valence-electron chi connectivity index (χ3n) is 5.08. The number of piperazine rings is 1. The van der Waals surface area contributed by atoms with E-state index in [1.807, 2.05) is 24.3 Å². The molecular weight excluding hydrogens is 441 g/mol. The van der Waals surface area contributed by atoms with Crippen molar-refractivity contribution in [3.63, 3.8) is 0 Å². The van der Waals surface area contributed by atoms with E-state index in [0.717, 1.165) is 26.2 Å². The molecule has 29 heavy (non-hydrogen) atoms. The number of carbonyl (C=O) groups is 1. The molecule has 0 unspecified atom stereocenters. The molecule has 2 aliphatic rings. The highest BCUT2D eigenvalue weighted by atomic mass is 79.9. The Morgan fingerprint density at radius 3 is 2.55 bits per heavy atom. The zero-order valence-corrected chi connectivity index (χ0v) is 17.6. The number of fused-ring (bicyclic) bond motifs is 1. The number of anilines is 1. The Morgan fingerprint density at radius 2 is 1.76 bits per heavy atom. The fourth-order valence-corrected chi connectivity index (χ4v) is 3.95. The fourth-order valence-electron chi connectivity index (χ4n) is 3.54. The Hall–Kier alpha value is -2.16. The van der Waals surface area contributed by atoms with Gasteiger partial charge in [-0.05, 0) is 34.1 Å². The highest BCUT2D eigenvalue weighted by Gasteiger charge is 2.21.